The molecule has 122 valence electrons. The lowest BCUT2D eigenvalue weighted by molar-refractivity contribution is -0.115. The van der Waals surface area contributed by atoms with Crippen LogP contribution in [0.4, 0.5) is 17.1 Å². The molecule has 0 aliphatic carbocycles. The Hall–Kier alpha value is -2.79. The number of benzene rings is 2. The minimum atomic E-state index is -0.165. The number of hydrogen-bond donors (Lipinski definition) is 3. The summed E-state index contributed by atoms with van der Waals surface area (Å²) >= 11 is 0. The lowest BCUT2D eigenvalue weighted by Crippen LogP contribution is -2.30. The summed E-state index contributed by atoms with van der Waals surface area (Å²) in [7, 11) is 0. The second kappa shape index (κ2) is 6.37. The lowest BCUT2D eigenvalue weighted by atomic mass is 10.0. The zero-order valence-electron chi connectivity index (χ0n) is 13.3. The van der Waals surface area contributed by atoms with Crippen LogP contribution in [-0.4, -0.2) is 19.0 Å². The maximum atomic E-state index is 12.5. The van der Waals surface area contributed by atoms with Crippen molar-refractivity contribution in [3.05, 3.63) is 59.9 Å². The van der Waals surface area contributed by atoms with Crippen LogP contribution in [0.25, 0.3) is 0 Å². The van der Waals surface area contributed by atoms with Gasteiger partial charge in [-0.3, -0.25) is 4.79 Å². The second-order valence-corrected chi connectivity index (χ2v) is 5.91. The topological polar surface area (TPSA) is 62.4 Å². The predicted molar refractivity (Wildman–Crippen MR) is 94.6 cm³/mol. The molecule has 3 N–H and O–H groups in total. The zero-order valence-corrected chi connectivity index (χ0v) is 13.3. The van der Waals surface area contributed by atoms with Crippen LogP contribution in [0, 0.1) is 0 Å². The predicted octanol–water partition coefficient (Wildman–Crippen LogP) is 3.40. The van der Waals surface area contributed by atoms with E-state index in [1.807, 2.05) is 48.5 Å². The van der Waals surface area contributed by atoms with Gasteiger partial charge in [0.25, 0.3) is 5.91 Å². The Labute approximate surface area is 140 Å². The molecule has 0 bridgehead atoms. The molecule has 0 radical (unpaired) electrons. The Morgan fingerprint density at radius 1 is 0.958 bits per heavy atom. The van der Waals surface area contributed by atoms with E-state index in [0.29, 0.717) is 17.2 Å². The van der Waals surface area contributed by atoms with Gasteiger partial charge in [0.15, 0.2) is 11.5 Å². The van der Waals surface area contributed by atoms with E-state index in [-0.39, 0.29) is 5.91 Å². The molecule has 0 unspecified atom stereocenters. The summed E-state index contributed by atoms with van der Waals surface area (Å²) in [6.45, 7) is 1.77. The van der Waals surface area contributed by atoms with Crippen molar-refractivity contribution >= 4 is 23.0 Å². The van der Waals surface area contributed by atoms with Gasteiger partial charge in [0, 0.05) is 5.69 Å². The molecule has 2 aromatic rings. The molecule has 4 rings (SSSR count). The van der Waals surface area contributed by atoms with E-state index in [1.54, 1.807) is 0 Å². The molecule has 0 atom stereocenters. The molecule has 0 spiro atoms. The fourth-order valence-electron chi connectivity index (χ4n) is 3.04. The molecular formula is C19H19N3O2. The van der Waals surface area contributed by atoms with Gasteiger partial charge in [-0.25, -0.2) is 0 Å². The first-order valence-corrected chi connectivity index (χ1v) is 8.18. The third-order valence-electron chi connectivity index (χ3n) is 4.26. The summed E-state index contributed by atoms with van der Waals surface area (Å²) in [5, 5.41) is 9.61. The molecule has 1 fully saturated rings. The first-order valence-electron chi connectivity index (χ1n) is 8.18. The summed E-state index contributed by atoms with van der Waals surface area (Å²) < 4.78 is 5.96. The van der Waals surface area contributed by atoms with Crippen molar-refractivity contribution < 1.29 is 9.53 Å². The van der Waals surface area contributed by atoms with Crippen molar-refractivity contribution in [2.75, 3.05) is 23.7 Å². The molecule has 1 saturated heterocycles. The maximum absolute atomic E-state index is 12.5. The molecule has 0 aromatic heterocycles. The Bertz CT molecular complexity index is 792. The van der Waals surface area contributed by atoms with Gasteiger partial charge in [-0.05, 0) is 55.8 Å². The van der Waals surface area contributed by atoms with Crippen LogP contribution in [0.5, 0.6) is 5.75 Å². The van der Waals surface area contributed by atoms with E-state index < -0.39 is 0 Å². The first-order chi connectivity index (χ1) is 11.8. The molecule has 2 heterocycles. The number of fused-ring (bicyclic) bond motifs is 1. The van der Waals surface area contributed by atoms with Crippen molar-refractivity contribution in [2.45, 2.75) is 12.8 Å². The summed E-state index contributed by atoms with van der Waals surface area (Å²) in [6.07, 6.45) is 1.69. The van der Waals surface area contributed by atoms with E-state index in [4.69, 9.17) is 4.74 Å². The highest BCUT2D eigenvalue weighted by atomic mass is 16.5. The number of anilines is 3. The summed E-state index contributed by atoms with van der Waals surface area (Å²) in [6, 6.07) is 15.6. The number of carbonyl (C=O) groups is 1. The number of ether oxygens (including phenoxy) is 1. The van der Waals surface area contributed by atoms with Crippen molar-refractivity contribution in [1.29, 1.82) is 0 Å². The van der Waals surface area contributed by atoms with Gasteiger partial charge >= 0.3 is 0 Å². The maximum Gasteiger partial charge on any atom is 0.291 e. The Kier molecular flexibility index (Phi) is 3.92. The van der Waals surface area contributed by atoms with Crippen LogP contribution in [0.2, 0.25) is 0 Å². The van der Waals surface area contributed by atoms with E-state index >= 15 is 0 Å². The highest BCUT2D eigenvalue weighted by Crippen LogP contribution is 2.39. The molecule has 24 heavy (non-hydrogen) atoms. The van der Waals surface area contributed by atoms with E-state index in [1.165, 1.54) is 0 Å². The Balaban J connectivity index is 1.66. The van der Waals surface area contributed by atoms with Crippen LogP contribution in [0.15, 0.2) is 59.9 Å². The highest BCUT2D eigenvalue weighted by Gasteiger charge is 2.27. The molecule has 1 amide bonds. The van der Waals surface area contributed by atoms with Crippen LogP contribution in [0.3, 0.4) is 0 Å². The van der Waals surface area contributed by atoms with E-state index in [2.05, 4.69) is 16.0 Å². The molecule has 2 aromatic carbocycles. The number of piperidine rings is 1. The SMILES string of the molecule is O=C1Nc2c(Nc3ccccc3)cccc2OC1=C1CCNCC1. The van der Waals surface area contributed by atoms with Crippen molar-refractivity contribution in [2.24, 2.45) is 0 Å². The Morgan fingerprint density at radius 3 is 2.54 bits per heavy atom. The highest BCUT2D eigenvalue weighted by molar-refractivity contribution is 6.08. The Morgan fingerprint density at radius 2 is 1.75 bits per heavy atom. The van der Waals surface area contributed by atoms with Gasteiger partial charge in [0.05, 0.1) is 5.69 Å². The number of carbonyl (C=O) groups excluding carboxylic acids is 1. The van der Waals surface area contributed by atoms with Crippen LogP contribution in [-0.2, 0) is 4.79 Å². The van der Waals surface area contributed by atoms with E-state index in [0.717, 1.165) is 42.9 Å². The molecule has 0 saturated carbocycles. The second-order valence-electron chi connectivity index (χ2n) is 5.91. The number of hydrogen-bond acceptors (Lipinski definition) is 4. The first kappa shape index (κ1) is 14.8. The summed E-state index contributed by atoms with van der Waals surface area (Å²) in [5.74, 6) is 0.971. The smallest absolute Gasteiger partial charge is 0.291 e. The van der Waals surface area contributed by atoms with Gasteiger partial charge in [-0.15, -0.1) is 0 Å². The molecule has 5 nitrogen and oxygen atoms in total. The molecular weight excluding hydrogens is 302 g/mol. The average Bonchev–Trinajstić information content (AvgIpc) is 2.63. The van der Waals surface area contributed by atoms with Gasteiger partial charge in [-0.2, -0.15) is 0 Å². The minimum absolute atomic E-state index is 0.165. The molecule has 2 aliphatic rings. The molecule has 2 aliphatic heterocycles. The number of nitrogens with one attached hydrogen (secondary N) is 3. The third-order valence-corrected chi connectivity index (χ3v) is 4.26. The number of rotatable bonds is 2. The lowest BCUT2D eigenvalue weighted by Gasteiger charge is -2.26. The summed E-state index contributed by atoms with van der Waals surface area (Å²) in [4.78, 5) is 12.5. The van der Waals surface area contributed by atoms with Gasteiger partial charge in [0.1, 0.15) is 5.69 Å². The van der Waals surface area contributed by atoms with Crippen molar-refractivity contribution in [3.8, 4) is 5.75 Å². The molecule has 5 heteroatoms. The minimum Gasteiger partial charge on any atom is -0.449 e. The summed E-state index contributed by atoms with van der Waals surface area (Å²) in [5.41, 5.74) is 3.55. The fourth-order valence-corrected chi connectivity index (χ4v) is 3.04. The van der Waals surface area contributed by atoms with Gasteiger partial charge in [0.2, 0.25) is 0 Å². The zero-order chi connectivity index (χ0) is 16.4. The van der Waals surface area contributed by atoms with Gasteiger partial charge < -0.3 is 20.7 Å². The van der Waals surface area contributed by atoms with Gasteiger partial charge in [-0.1, -0.05) is 24.3 Å². The normalized spacial score (nSPS) is 16.9. The number of amides is 1. The standard InChI is InChI=1S/C19H19N3O2/c23-19-18(13-9-11-20-12-10-13)24-16-8-4-7-15(17(16)22-19)21-14-5-2-1-3-6-14/h1-8,20-21H,9-12H2,(H,22,23). The van der Waals surface area contributed by atoms with Crippen LogP contribution >= 0.6 is 0 Å². The number of para-hydroxylation sites is 2. The monoisotopic (exact) mass is 321 g/mol. The van der Waals surface area contributed by atoms with Crippen molar-refractivity contribution in [1.82, 2.24) is 5.32 Å². The van der Waals surface area contributed by atoms with Crippen molar-refractivity contribution in [3.63, 3.8) is 0 Å². The van der Waals surface area contributed by atoms with E-state index in [9.17, 15) is 4.79 Å². The van der Waals surface area contributed by atoms with Crippen LogP contribution < -0.4 is 20.7 Å². The third kappa shape index (κ3) is 2.86. The quantitative estimate of drug-likeness (QED) is 0.742. The average molecular weight is 321 g/mol. The fraction of sp³-hybridized carbons (Fsp3) is 0.211. The van der Waals surface area contributed by atoms with Crippen LogP contribution in [0.1, 0.15) is 12.8 Å². The largest absolute Gasteiger partial charge is 0.449 e.